The molecule has 0 bridgehead atoms. The molecular formula is C17H21NO. The predicted octanol–water partition coefficient (Wildman–Crippen LogP) is 3.18. The second-order valence-corrected chi connectivity index (χ2v) is 5.57. The van der Waals surface area contributed by atoms with Gasteiger partial charge in [-0.3, -0.25) is 0 Å². The summed E-state index contributed by atoms with van der Waals surface area (Å²) in [5.41, 5.74) is 2.35. The third-order valence-electron chi connectivity index (χ3n) is 4.28. The van der Waals surface area contributed by atoms with E-state index in [-0.39, 0.29) is 6.10 Å². The summed E-state index contributed by atoms with van der Waals surface area (Å²) in [6.45, 7) is 4.13. The molecule has 1 aliphatic rings. The summed E-state index contributed by atoms with van der Waals surface area (Å²) in [6.07, 6.45) is 1.90. The van der Waals surface area contributed by atoms with Gasteiger partial charge in [-0.15, -0.1) is 0 Å². The Morgan fingerprint density at radius 2 is 1.95 bits per heavy atom. The molecule has 1 fully saturated rings. The topological polar surface area (TPSA) is 32.3 Å². The van der Waals surface area contributed by atoms with Gasteiger partial charge in [0.15, 0.2) is 0 Å². The highest BCUT2D eigenvalue weighted by atomic mass is 16.3. The lowest BCUT2D eigenvalue weighted by molar-refractivity contribution is 0.0934. The maximum atomic E-state index is 10.7. The second-order valence-electron chi connectivity index (χ2n) is 5.57. The SMILES string of the molecule is Cc1ccc(C(O)C2CCCNC2)c2ccccc12. The van der Waals surface area contributed by atoms with Crippen molar-refractivity contribution in [3.63, 3.8) is 0 Å². The van der Waals surface area contributed by atoms with Crippen molar-refractivity contribution in [2.75, 3.05) is 13.1 Å². The van der Waals surface area contributed by atoms with E-state index in [4.69, 9.17) is 0 Å². The van der Waals surface area contributed by atoms with Crippen LogP contribution in [0.2, 0.25) is 0 Å². The Morgan fingerprint density at radius 3 is 2.68 bits per heavy atom. The van der Waals surface area contributed by atoms with Gasteiger partial charge in [-0.25, -0.2) is 0 Å². The zero-order chi connectivity index (χ0) is 13.2. The van der Waals surface area contributed by atoms with E-state index in [0.29, 0.717) is 5.92 Å². The molecule has 2 aromatic carbocycles. The fourth-order valence-electron chi connectivity index (χ4n) is 3.13. The number of piperidine rings is 1. The van der Waals surface area contributed by atoms with E-state index in [1.165, 1.54) is 16.3 Å². The van der Waals surface area contributed by atoms with Gasteiger partial charge in [-0.05, 0) is 48.2 Å². The molecule has 0 aromatic heterocycles. The number of rotatable bonds is 2. The van der Waals surface area contributed by atoms with Crippen LogP contribution < -0.4 is 5.32 Å². The summed E-state index contributed by atoms with van der Waals surface area (Å²) in [5, 5.41) is 16.5. The Hall–Kier alpha value is -1.38. The molecule has 100 valence electrons. The van der Waals surface area contributed by atoms with Crippen molar-refractivity contribution in [2.45, 2.75) is 25.9 Å². The molecule has 2 atom stereocenters. The standard InChI is InChI=1S/C17H21NO/c1-12-8-9-16(15-7-3-2-6-14(12)15)17(19)13-5-4-10-18-11-13/h2-3,6-9,13,17-19H,4-5,10-11H2,1H3. The molecule has 2 aromatic rings. The van der Waals surface area contributed by atoms with Crippen LogP contribution >= 0.6 is 0 Å². The van der Waals surface area contributed by atoms with Crippen LogP contribution in [0.15, 0.2) is 36.4 Å². The first-order valence-electron chi connectivity index (χ1n) is 7.14. The van der Waals surface area contributed by atoms with Crippen molar-refractivity contribution in [2.24, 2.45) is 5.92 Å². The number of hydrogen-bond donors (Lipinski definition) is 2. The summed E-state index contributed by atoms with van der Waals surface area (Å²) >= 11 is 0. The first-order chi connectivity index (χ1) is 9.27. The predicted molar refractivity (Wildman–Crippen MR) is 79.2 cm³/mol. The monoisotopic (exact) mass is 255 g/mol. The molecule has 2 unspecified atom stereocenters. The molecule has 3 rings (SSSR count). The molecule has 2 heteroatoms. The quantitative estimate of drug-likeness (QED) is 0.864. The summed E-state index contributed by atoms with van der Waals surface area (Å²) in [6, 6.07) is 12.6. The molecule has 1 aliphatic heterocycles. The van der Waals surface area contributed by atoms with E-state index in [1.54, 1.807) is 0 Å². The largest absolute Gasteiger partial charge is 0.388 e. The molecule has 0 saturated carbocycles. The van der Waals surface area contributed by atoms with Gasteiger partial charge in [-0.1, -0.05) is 36.4 Å². The maximum absolute atomic E-state index is 10.7. The van der Waals surface area contributed by atoms with Gasteiger partial charge in [0, 0.05) is 12.5 Å². The van der Waals surface area contributed by atoms with Gasteiger partial charge in [0.25, 0.3) is 0 Å². The van der Waals surface area contributed by atoms with Crippen LogP contribution in [-0.2, 0) is 0 Å². The van der Waals surface area contributed by atoms with Gasteiger partial charge >= 0.3 is 0 Å². The van der Waals surface area contributed by atoms with E-state index in [0.717, 1.165) is 31.5 Å². The minimum Gasteiger partial charge on any atom is -0.388 e. The smallest absolute Gasteiger partial charge is 0.0836 e. The highest BCUT2D eigenvalue weighted by Gasteiger charge is 2.24. The third kappa shape index (κ3) is 2.38. The molecule has 2 N–H and O–H groups in total. The number of benzene rings is 2. The molecule has 0 amide bonds. The van der Waals surface area contributed by atoms with E-state index < -0.39 is 0 Å². The molecule has 0 radical (unpaired) electrons. The summed E-state index contributed by atoms with van der Waals surface area (Å²) in [5.74, 6) is 0.333. The molecule has 1 saturated heterocycles. The van der Waals surface area contributed by atoms with Crippen LogP contribution in [0.5, 0.6) is 0 Å². The summed E-state index contributed by atoms with van der Waals surface area (Å²) in [7, 11) is 0. The van der Waals surface area contributed by atoms with Gasteiger partial charge in [-0.2, -0.15) is 0 Å². The maximum Gasteiger partial charge on any atom is 0.0836 e. The fourth-order valence-corrected chi connectivity index (χ4v) is 3.13. The van der Waals surface area contributed by atoms with E-state index in [1.807, 2.05) is 0 Å². The molecular weight excluding hydrogens is 234 g/mol. The van der Waals surface area contributed by atoms with Gasteiger partial charge < -0.3 is 10.4 Å². The normalized spacial score (nSPS) is 21.5. The average molecular weight is 255 g/mol. The minimum absolute atomic E-state index is 0.333. The Bertz CT molecular complexity index is 572. The highest BCUT2D eigenvalue weighted by Crippen LogP contribution is 2.33. The average Bonchev–Trinajstić information content (AvgIpc) is 2.48. The van der Waals surface area contributed by atoms with Crippen molar-refractivity contribution < 1.29 is 5.11 Å². The summed E-state index contributed by atoms with van der Waals surface area (Å²) in [4.78, 5) is 0. The van der Waals surface area contributed by atoms with Crippen molar-refractivity contribution >= 4 is 10.8 Å². The number of aliphatic hydroxyl groups excluding tert-OH is 1. The van der Waals surface area contributed by atoms with Crippen molar-refractivity contribution in [1.29, 1.82) is 0 Å². The van der Waals surface area contributed by atoms with E-state index in [2.05, 4.69) is 48.6 Å². The second kappa shape index (κ2) is 5.32. The van der Waals surface area contributed by atoms with E-state index in [9.17, 15) is 5.11 Å². The Labute approximate surface area is 114 Å². The molecule has 1 heterocycles. The minimum atomic E-state index is -0.363. The van der Waals surface area contributed by atoms with Crippen LogP contribution in [0.4, 0.5) is 0 Å². The lowest BCUT2D eigenvalue weighted by Crippen LogP contribution is -2.33. The zero-order valence-electron chi connectivity index (χ0n) is 11.4. The Morgan fingerprint density at radius 1 is 1.16 bits per heavy atom. The van der Waals surface area contributed by atoms with Gasteiger partial charge in [0.1, 0.15) is 0 Å². The van der Waals surface area contributed by atoms with E-state index >= 15 is 0 Å². The van der Waals surface area contributed by atoms with Crippen LogP contribution in [0.3, 0.4) is 0 Å². The Balaban J connectivity index is 2.02. The van der Waals surface area contributed by atoms with Crippen LogP contribution in [0.25, 0.3) is 10.8 Å². The molecule has 0 spiro atoms. The zero-order valence-corrected chi connectivity index (χ0v) is 11.4. The summed E-state index contributed by atoms with van der Waals surface area (Å²) < 4.78 is 0. The fraction of sp³-hybridized carbons (Fsp3) is 0.412. The number of nitrogens with one attached hydrogen (secondary N) is 1. The first-order valence-corrected chi connectivity index (χ1v) is 7.14. The Kier molecular flexibility index (Phi) is 3.54. The van der Waals surface area contributed by atoms with Crippen molar-refractivity contribution in [3.8, 4) is 0 Å². The van der Waals surface area contributed by atoms with Crippen LogP contribution in [-0.4, -0.2) is 18.2 Å². The lowest BCUT2D eigenvalue weighted by Gasteiger charge is -2.28. The molecule has 2 nitrogen and oxygen atoms in total. The van der Waals surface area contributed by atoms with Crippen LogP contribution in [0, 0.1) is 12.8 Å². The number of aryl methyl sites for hydroxylation is 1. The lowest BCUT2D eigenvalue weighted by atomic mass is 9.86. The van der Waals surface area contributed by atoms with Crippen LogP contribution in [0.1, 0.15) is 30.1 Å². The highest BCUT2D eigenvalue weighted by molar-refractivity contribution is 5.88. The number of aliphatic hydroxyl groups is 1. The third-order valence-corrected chi connectivity index (χ3v) is 4.28. The van der Waals surface area contributed by atoms with Gasteiger partial charge in [0.2, 0.25) is 0 Å². The first kappa shape index (κ1) is 12.6. The van der Waals surface area contributed by atoms with Crippen molar-refractivity contribution in [1.82, 2.24) is 5.32 Å². The van der Waals surface area contributed by atoms with Gasteiger partial charge in [0.05, 0.1) is 6.10 Å². The number of hydrogen-bond acceptors (Lipinski definition) is 2. The van der Waals surface area contributed by atoms with Crippen molar-refractivity contribution in [3.05, 3.63) is 47.5 Å². The number of fused-ring (bicyclic) bond motifs is 1. The molecule has 0 aliphatic carbocycles. The molecule has 19 heavy (non-hydrogen) atoms.